The van der Waals surface area contributed by atoms with Gasteiger partial charge in [-0.05, 0) is 41.5 Å². The van der Waals surface area contributed by atoms with E-state index in [1.165, 1.54) is 0 Å². The third kappa shape index (κ3) is 4.94. The first-order valence-corrected chi connectivity index (χ1v) is 6.17. The Bertz CT molecular complexity index is 337. The molecule has 0 spiro atoms. The number of rotatable bonds is 5. The average Bonchev–Trinajstić information content (AvgIpc) is 2.13. The zero-order valence-corrected chi connectivity index (χ0v) is 12.0. The molecule has 0 radical (unpaired) electrons. The summed E-state index contributed by atoms with van der Waals surface area (Å²) in [5.41, 5.74) is 1.30. The van der Waals surface area contributed by atoms with Crippen LogP contribution in [0.4, 0.5) is 5.69 Å². The van der Waals surface area contributed by atoms with Gasteiger partial charge >= 0.3 is 0 Å². The number of nitrogens with one attached hydrogen (secondary N) is 1. The van der Waals surface area contributed by atoms with E-state index >= 15 is 0 Å². The van der Waals surface area contributed by atoms with Crippen LogP contribution in [0.2, 0.25) is 0 Å². The SMILES string of the molecule is CN(C)CC(C)(C)CNc1cncc(Br)c1. The topological polar surface area (TPSA) is 28.2 Å². The second-order valence-corrected chi connectivity index (χ2v) is 6.06. The molecule has 0 amide bonds. The van der Waals surface area contributed by atoms with Crippen LogP contribution in [0.3, 0.4) is 0 Å². The van der Waals surface area contributed by atoms with E-state index in [4.69, 9.17) is 0 Å². The number of aromatic nitrogens is 1. The third-order valence-corrected chi connectivity index (χ3v) is 2.65. The Labute approximate surface area is 106 Å². The van der Waals surface area contributed by atoms with Crippen molar-refractivity contribution in [1.82, 2.24) is 9.88 Å². The third-order valence-electron chi connectivity index (χ3n) is 2.22. The highest BCUT2D eigenvalue weighted by molar-refractivity contribution is 9.10. The van der Waals surface area contributed by atoms with E-state index in [2.05, 4.69) is 59.1 Å². The van der Waals surface area contributed by atoms with Gasteiger partial charge in [0.2, 0.25) is 0 Å². The maximum absolute atomic E-state index is 4.13. The minimum atomic E-state index is 0.242. The van der Waals surface area contributed by atoms with E-state index in [1.807, 2.05) is 12.3 Å². The van der Waals surface area contributed by atoms with Crippen LogP contribution in [0.15, 0.2) is 22.9 Å². The normalized spacial score (nSPS) is 11.9. The van der Waals surface area contributed by atoms with Crippen molar-refractivity contribution in [2.45, 2.75) is 13.8 Å². The lowest BCUT2D eigenvalue weighted by Crippen LogP contribution is -2.34. The second-order valence-electron chi connectivity index (χ2n) is 5.15. The van der Waals surface area contributed by atoms with E-state index in [0.29, 0.717) is 0 Å². The summed E-state index contributed by atoms with van der Waals surface area (Å²) in [6, 6.07) is 2.04. The van der Waals surface area contributed by atoms with Crippen LogP contribution >= 0.6 is 15.9 Å². The maximum atomic E-state index is 4.13. The summed E-state index contributed by atoms with van der Waals surface area (Å²) in [7, 11) is 4.20. The highest BCUT2D eigenvalue weighted by Crippen LogP contribution is 2.19. The van der Waals surface area contributed by atoms with E-state index in [0.717, 1.165) is 23.2 Å². The van der Waals surface area contributed by atoms with Crippen molar-refractivity contribution in [2.24, 2.45) is 5.41 Å². The fourth-order valence-electron chi connectivity index (χ4n) is 1.76. The lowest BCUT2D eigenvalue weighted by molar-refractivity contribution is 0.254. The van der Waals surface area contributed by atoms with Crippen LogP contribution in [0, 0.1) is 5.41 Å². The van der Waals surface area contributed by atoms with Gasteiger partial charge in [0, 0.05) is 23.8 Å². The second kappa shape index (κ2) is 5.64. The van der Waals surface area contributed by atoms with Gasteiger partial charge in [-0.1, -0.05) is 13.8 Å². The number of nitrogens with zero attached hydrogens (tertiary/aromatic N) is 2. The predicted octanol–water partition coefficient (Wildman–Crippen LogP) is 2.84. The first kappa shape index (κ1) is 13.5. The van der Waals surface area contributed by atoms with E-state index in [9.17, 15) is 0 Å². The van der Waals surface area contributed by atoms with Crippen LogP contribution in [0.25, 0.3) is 0 Å². The molecule has 1 rings (SSSR count). The van der Waals surface area contributed by atoms with Gasteiger partial charge in [-0.25, -0.2) is 0 Å². The molecule has 1 N–H and O–H groups in total. The molecule has 0 unspecified atom stereocenters. The smallest absolute Gasteiger partial charge is 0.0538 e. The molecule has 0 atom stereocenters. The molecule has 0 aliphatic heterocycles. The van der Waals surface area contributed by atoms with Gasteiger partial charge in [0.05, 0.1) is 11.9 Å². The lowest BCUT2D eigenvalue weighted by Gasteiger charge is -2.28. The van der Waals surface area contributed by atoms with Gasteiger partial charge in [0.1, 0.15) is 0 Å². The van der Waals surface area contributed by atoms with Gasteiger partial charge in [-0.2, -0.15) is 0 Å². The minimum absolute atomic E-state index is 0.242. The summed E-state index contributed by atoms with van der Waals surface area (Å²) < 4.78 is 1.00. The molecule has 1 aromatic heterocycles. The Balaban J connectivity index is 2.50. The Hall–Kier alpha value is -0.610. The zero-order valence-electron chi connectivity index (χ0n) is 10.4. The fourth-order valence-corrected chi connectivity index (χ4v) is 2.13. The van der Waals surface area contributed by atoms with Crippen molar-refractivity contribution in [3.63, 3.8) is 0 Å². The number of hydrogen-bond donors (Lipinski definition) is 1. The highest BCUT2D eigenvalue weighted by atomic mass is 79.9. The van der Waals surface area contributed by atoms with Gasteiger partial charge < -0.3 is 10.2 Å². The van der Waals surface area contributed by atoms with E-state index in [1.54, 1.807) is 6.20 Å². The average molecular weight is 286 g/mol. The maximum Gasteiger partial charge on any atom is 0.0538 e. The molecule has 0 aromatic carbocycles. The largest absolute Gasteiger partial charge is 0.383 e. The molecule has 16 heavy (non-hydrogen) atoms. The number of pyridine rings is 1. The Morgan fingerprint density at radius 2 is 2.06 bits per heavy atom. The van der Waals surface area contributed by atoms with Crippen molar-refractivity contribution in [3.05, 3.63) is 22.9 Å². The van der Waals surface area contributed by atoms with Crippen molar-refractivity contribution < 1.29 is 0 Å². The molecule has 0 aliphatic carbocycles. The molecule has 0 bridgehead atoms. The fraction of sp³-hybridized carbons (Fsp3) is 0.583. The molecule has 3 nitrogen and oxygen atoms in total. The predicted molar refractivity (Wildman–Crippen MR) is 72.8 cm³/mol. The Kier molecular flexibility index (Phi) is 4.74. The molecule has 0 fully saturated rings. The summed E-state index contributed by atoms with van der Waals surface area (Å²) >= 11 is 3.41. The van der Waals surface area contributed by atoms with E-state index < -0.39 is 0 Å². The molecule has 90 valence electrons. The summed E-state index contributed by atoms with van der Waals surface area (Å²) in [5.74, 6) is 0. The van der Waals surface area contributed by atoms with Gasteiger partial charge in [0.15, 0.2) is 0 Å². The van der Waals surface area contributed by atoms with E-state index in [-0.39, 0.29) is 5.41 Å². The highest BCUT2D eigenvalue weighted by Gasteiger charge is 2.18. The van der Waals surface area contributed by atoms with Crippen LogP contribution in [0.1, 0.15) is 13.8 Å². The monoisotopic (exact) mass is 285 g/mol. The lowest BCUT2D eigenvalue weighted by atomic mass is 9.93. The Morgan fingerprint density at radius 3 is 2.62 bits per heavy atom. The molecule has 0 saturated heterocycles. The van der Waals surface area contributed by atoms with Crippen molar-refractivity contribution >= 4 is 21.6 Å². The van der Waals surface area contributed by atoms with Crippen LogP contribution < -0.4 is 5.32 Å². The molecule has 4 heteroatoms. The molecule has 0 aliphatic rings. The van der Waals surface area contributed by atoms with Crippen LogP contribution in [0.5, 0.6) is 0 Å². The van der Waals surface area contributed by atoms with Gasteiger partial charge in [-0.3, -0.25) is 4.98 Å². The number of halogens is 1. The molecular weight excluding hydrogens is 266 g/mol. The first-order valence-electron chi connectivity index (χ1n) is 5.38. The number of anilines is 1. The molecule has 0 saturated carbocycles. The number of hydrogen-bond acceptors (Lipinski definition) is 3. The standard InChI is InChI=1S/C12H20BrN3/c1-12(2,9-16(3)4)8-15-11-5-10(13)6-14-7-11/h5-7,15H,8-9H2,1-4H3. The van der Waals surface area contributed by atoms with Gasteiger partial charge in [0.25, 0.3) is 0 Å². The summed E-state index contributed by atoms with van der Waals surface area (Å²) in [4.78, 5) is 6.34. The van der Waals surface area contributed by atoms with Crippen LogP contribution in [-0.4, -0.2) is 37.1 Å². The van der Waals surface area contributed by atoms with Gasteiger partial charge in [-0.15, -0.1) is 0 Å². The Morgan fingerprint density at radius 1 is 1.38 bits per heavy atom. The molecule has 1 aromatic rings. The molecule has 1 heterocycles. The van der Waals surface area contributed by atoms with Crippen LogP contribution in [-0.2, 0) is 0 Å². The zero-order chi connectivity index (χ0) is 12.2. The molecular formula is C12H20BrN3. The van der Waals surface area contributed by atoms with Crippen molar-refractivity contribution in [1.29, 1.82) is 0 Å². The summed E-state index contributed by atoms with van der Waals surface area (Å²) in [6.45, 7) is 6.50. The minimum Gasteiger partial charge on any atom is -0.383 e. The quantitative estimate of drug-likeness (QED) is 0.902. The summed E-state index contributed by atoms with van der Waals surface area (Å²) in [6.07, 6.45) is 3.63. The summed E-state index contributed by atoms with van der Waals surface area (Å²) in [5, 5.41) is 3.41. The van der Waals surface area contributed by atoms with Crippen molar-refractivity contribution in [2.75, 3.05) is 32.5 Å². The first-order chi connectivity index (χ1) is 7.39. The van der Waals surface area contributed by atoms with Crippen molar-refractivity contribution in [3.8, 4) is 0 Å².